The molecule has 4 nitrogen and oxygen atoms in total. The summed E-state index contributed by atoms with van der Waals surface area (Å²) in [6, 6.07) is 11.8. The second-order valence-electron chi connectivity index (χ2n) is 4.30. The minimum absolute atomic E-state index is 0.210. The molecule has 0 aromatic heterocycles. The number of primary amides is 1. The lowest BCUT2D eigenvalue weighted by molar-refractivity contribution is 0.0697. The van der Waals surface area contributed by atoms with Crippen molar-refractivity contribution in [3.05, 3.63) is 59.2 Å². The largest absolute Gasteiger partial charge is 0.478 e. The lowest BCUT2D eigenvalue weighted by Gasteiger charge is -2.08. The molecule has 0 saturated carbocycles. The number of nitrogens with two attached hydrogens (primary N) is 1. The number of aromatic carboxylic acids is 1. The van der Waals surface area contributed by atoms with Gasteiger partial charge in [-0.3, -0.25) is 4.79 Å². The van der Waals surface area contributed by atoms with E-state index in [9.17, 15) is 14.7 Å². The summed E-state index contributed by atoms with van der Waals surface area (Å²) in [5, 5.41) is 9.24. The molecule has 0 aliphatic rings. The smallest absolute Gasteiger partial charge is 0.336 e. The van der Waals surface area contributed by atoms with E-state index in [2.05, 4.69) is 0 Å². The van der Waals surface area contributed by atoms with Crippen molar-refractivity contribution in [1.82, 2.24) is 0 Å². The van der Waals surface area contributed by atoms with Gasteiger partial charge >= 0.3 is 5.97 Å². The van der Waals surface area contributed by atoms with E-state index in [-0.39, 0.29) is 5.56 Å². The molecule has 0 atom stereocenters. The van der Waals surface area contributed by atoms with Gasteiger partial charge in [0.2, 0.25) is 5.91 Å². The first-order chi connectivity index (χ1) is 8.99. The van der Waals surface area contributed by atoms with Gasteiger partial charge in [0.1, 0.15) is 0 Å². The third-order valence-electron chi connectivity index (χ3n) is 2.86. The Morgan fingerprint density at radius 2 is 1.84 bits per heavy atom. The maximum atomic E-state index is 11.3. The monoisotopic (exact) mass is 255 g/mol. The molecule has 0 heterocycles. The quantitative estimate of drug-likeness (QED) is 0.884. The zero-order valence-electron chi connectivity index (χ0n) is 10.4. The Bertz CT molecular complexity index is 662. The first-order valence-corrected chi connectivity index (χ1v) is 5.73. The molecule has 0 aliphatic heterocycles. The summed E-state index contributed by atoms with van der Waals surface area (Å²) in [7, 11) is 0. The number of rotatable bonds is 3. The van der Waals surface area contributed by atoms with E-state index in [4.69, 9.17) is 5.73 Å². The molecule has 19 heavy (non-hydrogen) atoms. The normalized spacial score (nSPS) is 10.2. The SMILES string of the molecule is Cc1ccc(-c2cccc(C(N)=O)c2)c(C(=O)O)c1. The molecule has 0 spiro atoms. The summed E-state index contributed by atoms with van der Waals surface area (Å²) in [6.07, 6.45) is 0. The minimum atomic E-state index is -0.997. The van der Waals surface area contributed by atoms with Crippen molar-refractivity contribution >= 4 is 11.9 Å². The van der Waals surface area contributed by atoms with Gasteiger partial charge in [-0.2, -0.15) is 0 Å². The molecule has 2 aromatic rings. The van der Waals surface area contributed by atoms with E-state index < -0.39 is 11.9 Å². The molecule has 1 amide bonds. The number of benzene rings is 2. The van der Waals surface area contributed by atoms with Crippen LogP contribution in [0.3, 0.4) is 0 Å². The van der Waals surface area contributed by atoms with Crippen molar-refractivity contribution in [1.29, 1.82) is 0 Å². The van der Waals surface area contributed by atoms with E-state index in [1.807, 2.05) is 13.0 Å². The van der Waals surface area contributed by atoms with Crippen LogP contribution >= 0.6 is 0 Å². The average molecular weight is 255 g/mol. The summed E-state index contributed by atoms with van der Waals surface area (Å²) >= 11 is 0. The van der Waals surface area contributed by atoms with Crippen molar-refractivity contribution < 1.29 is 14.7 Å². The van der Waals surface area contributed by atoms with Gasteiger partial charge in [-0.15, -0.1) is 0 Å². The molecule has 0 fully saturated rings. The molecule has 3 N–H and O–H groups in total. The summed E-state index contributed by atoms with van der Waals surface area (Å²) in [5.41, 5.74) is 7.89. The number of aryl methyl sites for hydroxylation is 1. The predicted molar refractivity (Wildman–Crippen MR) is 72.1 cm³/mol. The van der Waals surface area contributed by atoms with Crippen LogP contribution in [0.15, 0.2) is 42.5 Å². The number of carbonyl (C=O) groups excluding carboxylic acids is 1. The van der Waals surface area contributed by atoms with Gasteiger partial charge in [0.25, 0.3) is 0 Å². The first kappa shape index (κ1) is 12.8. The Kier molecular flexibility index (Phi) is 3.33. The lowest BCUT2D eigenvalue weighted by atomic mass is 9.96. The molecule has 0 radical (unpaired) electrons. The molecular formula is C15H13NO3. The molecular weight excluding hydrogens is 242 g/mol. The van der Waals surface area contributed by atoms with E-state index >= 15 is 0 Å². The number of carboxylic acid groups (broad SMARTS) is 1. The maximum Gasteiger partial charge on any atom is 0.336 e. The van der Waals surface area contributed by atoms with Gasteiger partial charge in [0.05, 0.1) is 5.56 Å². The minimum Gasteiger partial charge on any atom is -0.478 e. The van der Waals surface area contributed by atoms with Crippen LogP contribution in [0.2, 0.25) is 0 Å². The number of carbonyl (C=O) groups is 2. The molecule has 2 rings (SSSR count). The molecule has 0 bridgehead atoms. The van der Waals surface area contributed by atoms with Gasteiger partial charge in [0, 0.05) is 5.56 Å². The molecule has 0 aliphatic carbocycles. The van der Waals surface area contributed by atoms with Crippen molar-refractivity contribution in [2.24, 2.45) is 5.73 Å². The number of carboxylic acids is 1. The fourth-order valence-electron chi connectivity index (χ4n) is 1.93. The highest BCUT2D eigenvalue weighted by atomic mass is 16.4. The standard InChI is InChI=1S/C15H13NO3/c1-9-5-6-12(13(7-9)15(18)19)10-3-2-4-11(8-10)14(16)17/h2-8H,1H3,(H2,16,17)(H,18,19). The number of hydrogen-bond acceptors (Lipinski definition) is 2. The topological polar surface area (TPSA) is 80.4 Å². The third kappa shape index (κ3) is 2.63. The lowest BCUT2D eigenvalue weighted by Crippen LogP contribution is -2.10. The highest BCUT2D eigenvalue weighted by Crippen LogP contribution is 2.25. The van der Waals surface area contributed by atoms with Crippen molar-refractivity contribution in [3.63, 3.8) is 0 Å². The summed E-state index contributed by atoms with van der Waals surface area (Å²) in [5.74, 6) is -1.53. The zero-order valence-corrected chi connectivity index (χ0v) is 10.4. The van der Waals surface area contributed by atoms with E-state index in [1.165, 1.54) is 0 Å². The first-order valence-electron chi connectivity index (χ1n) is 5.73. The number of amides is 1. The highest BCUT2D eigenvalue weighted by molar-refractivity contribution is 5.98. The molecule has 4 heteroatoms. The van der Waals surface area contributed by atoms with Crippen molar-refractivity contribution in [2.45, 2.75) is 6.92 Å². The maximum absolute atomic E-state index is 11.3. The Morgan fingerprint density at radius 3 is 2.47 bits per heavy atom. The Morgan fingerprint density at radius 1 is 1.11 bits per heavy atom. The predicted octanol–water partition coefficient (Wildman–Crippen LogP) is 2.46. The second kappa shape index (κ2) is 4.94. The molecule has 0 saturated heterocycles. The van der Waals surface area contributed by atoms with Crippen LogP contribution in [0.1, 0.15) is 26.3 Å². The van der Waals surface area contributed by atoms with Crippen LogP contribution < -0.4 is 5.73 Å². The molecule has 2 aromatic carbocycles. The fourth-order valence-corrected chi connectivity index (χ4v) is 1.93. The summed E-state index contributed by atoms with van der Waals surface area (Å²) in [6.45, 7) is 1.83. The third-order valence-corrected chi connectivity index (χ3v) is 2.86. The van der Waals surface area contributed by atoms with E-state index in [1.54, 1.807) is 36.4 Å². The van der Waals surface area contributed by atoms with Crippen LogP contribution in [0.4, 0.5) is 0 Å². The second-order valence-corrected chi connectivity index (χ2v) is 4.30. The van der Waals surface area contributed by atoms with Crippen molar-refractivity contribution in [3.8, 4) is 11.1 Å². The van der Waals surface area contributed by atoms with E-state index in [0.717, 1.165) is 5.56 Å². The van der Waals surface area contributed by atoms with Gasteiger partial charge in [-0.1, -0.05) is 29.8 Å². The van der Waals surface area contributed by atoms with Gasteiger partial charge in [-0.05, 0) is 36.2 Å². The number of hydrogen-bond donors (Lipinski definition) is 2. The van der Waals surface area contributed by atoms with Gasteiger partial charge in [-0.25, -0.2) is 4.79 Å². The van der Waals surface area contributed by atoms with Crippen LogP contribution in [0.5, 0.6) is 0 Å². The Hall–Kier alpha value is -2.62. The molecule has 0 unspecified atom stereocenters. The summed E-state index contributed by atoms with van der Waals surface area (Å²) in [4.78, 5) is 22.4. The van der Waals surface area contributed by atoms with Crippen LogP contribution in [0, 0.1) is 6.92 Å². The average Bonchev–Trinajstić information content (AvgIpc) is 2.38. The zero-order chi connectivity index (χ0) is 14.0. The highest BCUT2D eigenvalue weighted by Gasteiger charge is 2.12. The van der Waals surface area contributed by atoms with Gasteiger partial charge in [0.15, 0.2) is 0 Å². The van der Waals surface area contributed by atoms with Gasteiger partial charge < -0.3 is 10.8 Å². The Labute approximate surface area is 110 Å². The Balaban J connectivity index is 2.61. The van der Waals surface area contributed by atoms with Crippen molar-refractivity contribution in [2.75, 3.05) is 0 Å². The summed E-state index contributed by atoms with van der Waals surface area (Å²) < 4.78 is 0. The van der Waals surface area contributed by atoms with Crippen LogP contribution in [-0.2, 0) is 0 Å². The van der Waals surface area contributed by atoms with Crippen LogP contribution in [0.25, 0.3) is 11.1 Å². The fraction of sp³-hybridized carbons (Fsp3) is 0.0667. The van der Waals surface area contributed by atoms with E-state index in [0.29, 0.717) is 16.7 Å². The van der Waals surface area contributed by atoms with Crippen LogP contribution in [-0.4, -0.2) is 17.0 Å². The molecule has 96 valence electrons.